The van der Waals surface area contributed by atoms with Crippen molar-refractivity contribution in [2.75, 3.05) is 11.5 Å². The quantitative estimate of drug-likeness (QED) is 0.0536. The van der Waals surface area contributed by atoms with E-state index in [1.807, 2.05) is 24.3 Å². The molecule has 0 atom stereocenters. The van der Waals surface area contributed by atoms with Crippen molar-refractivity contribution in [3.8, 4) is 0 Å². The molecule has 0 bridgehead atoms. The van der Waals surface area contributed by atoms with Crippen molar-refractivity contribution >= 4 is 11.4 Å². The van der Waals surface area contributed by atoms with Gasteiger partial charge in [-0.05, 0) is 149 Å². The van der Waals surface area contributed by atoms with Crippen LogP contribution in [0, 0.1) is 0 Å². The predicted molar refractivity (Wildman–Crippen MR) is 246 cm³/mol. The Labute approximate surface area is 344 Å². The van der Waals surface area contributed by atoms with Crippen molar-refractivity contribution in [3.05, 3.63) is 200 Å². The van der Waals surface area contributed by atoms with Gasteiger partial charge < -0.3 is 11.5 Å². The summed E-state index contributed by atoms with van der Waals surface area (Å²) in [4.78, 5) is 0. The van der Waals surface area contributed by atoms with Crippen LogP contribution in [0.1, 0.15) is 145 Å². The van der Waals surface area contributed by atoms with Gasteiger partial charge in [-0.1, -0.05) is 174 Å². The molecule has 0 fully saturated rings. The second-order valence-electron chi connectivity index (χ2n) is 16.5. The fourth-order valence-corrected chi connectivity index (χ4v) is 8.19. The predicted octanol–water partition coefficient (Wildman–Crippen LogP) is 13.8. The van der Waals surface area contributed by atoms with Crippen LogP contribution in [0.15, 0.2) is 133 Å². The van der Waals surface area contributed by atoms with Crippen LogP contribution in [0.25, 0.3) is 0 Å². The second kappa shape index (κ2) is 22.0. The lowest BCUT2D eigenvalue weighted by Crippen LogP contribution is -2.00. The number of rotatable bonds is 22. The van der Waals surface area contributed by atoms with Crippen LogP contribution in [0.5, 0.6) is 0 Å². The highest BCUT2D eigenvalue weighted by molar-refractivity contribution is 5.44. The lowest BCUT2D eigenvalue weighted by atomic mass is 9.91. The molecular weight excluding hydrogens is 689 g/mol. The van der Waals surface area contributed by atoms with Gasteiger partial charge in [-0.15, -0.1) is 0 Å². The molecule has 0 aliphatic heterocycles. The molecule has 2 nitrogen and oxygen atoms in total. The Hall–Kier alpha value is -5.08. The summed E-state index contributed by atoms with van der Waals surface area (Å²) in [6.07, 6.45) is 20.1. The molecule has 0 unspecified atom stereocenters. The van der Waals surface area contributed by atoms with E-state index in [4.69, 9.17) is 11.5 Å². The van der Waals surface area contributed by atoms with Crippen LogP contribution in [0.2, 0.25) is 0 Å². The van der Waals surface area contributed by atoms with E-state index in [0.29, 0.717) is 0 Å². The summed E-state index contributed by atoms with van der Waals surface area (Å²) in [6, 6.07) is 49.7. The molecule has 6 rings (SSSR count). The van der Waals surface area contributed by atoms with E-state index in [-0.39, 0.29) is 0 Å². The number of benzene rings is 6. The van der Waals surface area contributed by atoms with Gasteiger partial charge in [0.05, 0.1) is 0 Å². The molecule has 0 aromatic heterocycles. The van der Waals surface area contributed by atoms with Gasteiger partial charge in [0.25, 0.3) is 0 Å². The Balaban J connectivity index is 1.08. The molecule has 0 radical (unpaired) electrons. The number of unbranched alkanes of at least 4 members (excludes halogenated alkanes) is 8. The Morgan fingerprint density at radius 3 is 0.912 bits per heavy atom. The second-order valence-corrected chi connectivity index (χ2v) is 16.5. The molecule has 0 heterocycles. The lowest BCUT2D eigenvalue weighted by Gasteiger charge is -2.14. The first-order valence-electron chi connectivity index (χ1n) is 22.0. The van der Waals surface area contributed by atoms with Crippen molar-refractivity contribution in [2.24, 2.45) is 0 Å². The van der Waals surface area contributed by atoms with E-state index < -0.39 is 0 Å². The molecule has 0 saturated heterocycles. The van der Waals surface area contributed by atoms with E-state index in [1.165, 1.54) is 131 Å². The van der Waals surface area contributed by atoms with E-state index in [1.54, 1.807) is 0 Å². The van der Waals surface area contributed by atoms with Crippen LogP contribution in [-0.2, 0) is 44.9 Å². The molecule has 0 aliphatic rings. The van der Waals surface area contributed by atoms with Gasteiger partial charge in [-0.25, -0.2) is 0 Å². The standard InChI is InChI=1S/C55H66N2/c1-3-5-7-9-11-13-50-40-48(36-44-25-31-54(56)32-26-44)23-29-52(50)38-46-19-15-42(16-20-46)35-43-17-21-47(22-18-43)39-53-30-24-49(37-45-27-33-55(57)34-28-45)41-51(53)14-12-10-8-6-4-2/h15-34,40-41H,3-14,35-39,56-57H2,1-2H3. The highest BCUT2D eigenvalue weighted by atomic mass is 14.5. The van der Waals surface area contributed by atoms with Crippen molar-refractivity contribution in [2.45, 2.75) is 123 Å². The first-order chi connectivity index (χ1) is 27.9. The molecule has 57 heavy (non-hydrogen) atoms. The molecule has 4 N–H and O–H groups in total. The maximum atomic E-state index is 5.95. The van der Waals surface area contributed by atoms with Crippen molar-refractivity contribution < 1.29 is 0 Å². The van der Waals surface area contributed by atoms with Crippen LogP contribution in [0.4, 0.5) is 11.4 Å². The summed E-state index contributed by atoms with van der Waals surface area (Å²) in [7, 11) is 0. The van der Waals surface area contributed by atoms with Gasteiger partial charge in [0.1, 0.15) is 0 Å². The Morgan fingerprint density at radius 1 is 0.281 bits per heavy atom. The van der Waals surface area contributed by atoms with Crippen LogP contribution in [-0.4, -0.2) is 0 Å². The number of hydrogen-bond acceptors (Lipinski definition) is 2. The monoisotopic (exact) mass is 755 g/mol. The topological polar surface area (TPSA) is 52.0 Å². The van der Waals surface area contributed by atoms with E-state index in [9.17, 15) is 0 Å². The van der Waals surface area contributed by atoms with Gasteiger partial charge in [-0.2, -0.15) is 0 Å². The van der Waals surface area contributed by atoms with Gasteiger partial charge in [0.15, 0.2) is 0 Å². The Morgan fingerprint density at radius 2 is 0.561 bits per heavy atom. The van der Waals surface area contributed by atoms with E-state index in [2.05, 4.69) is 123 Å². The van der Waals surface area contributed by atoms with E-state index >= 15 is 0 Å². The SMILES string of the molecule is CCCCCCCc1cc(Cc2ccc(N)cc2)ccc1Cc1ccc(Cc2ccc(Cc3ccc(Cc4ccc(N)cc4)cc3CCCCCCC)cc2)cc1. The molecule has 6 aromatic rings. The van der Waals surface area contributed by atoms with Crippen LogP contribution in [0.3, 0.4) is 0 Å². The highest BCUT2D eigenvalue weighted by Gasteiger charge is 2.10. The first kappa shape index (κ1) is 41.6. The molecule has 0 saturated carbocycles. The molecule has 0 spiro atoms. The molecule has 6 aromatic carbocycles. The largest absolute Gasteiger partial charge is 0.399 e. The zero-order chi connectivity index (χ0) is 39.7. The highest BCUT2D eigenvalue weighted by Crippen LogP contribution is 2.25. The molecule has 0 amide bonds. The van der Waals surface area contributed by atoms with Gasteiger partial charge in [0.2, 0.25) is 0 Å². The van der Waals surface area contributed by atoms with Crippen molar-refractivity contribution in [1.29, 1.82) is 0 Å². The summed E-state index contributed by atoms with van der Waals surface area (Å²) in [5.41, 5.74) is 30.4. The minimum atomic E-state index is 0.822. The summed E-state index contributed by atoms with van der Waals surface area (Å²) in [5.74, 6) is 0. The van der Waals surface area contributed by atoms with Gasteiger partial charge >= 0.3 is 0 Å². The maximum Gasteiger partial charge on any atom is 0.0314 e. The fourth-order valence-electron chi connectivity index (χ4n) is 8.19. The summed E-state index contributed by atoms with van der Waals surface area (Å²) in [6.45, 7) is 4.58. The lowest BCUT2D eigenvalue weighted by molar-refractivity contribution is 0.631. The number of nitrogen functional groups attached to an aromatic ring is 2. The molecule has 296 valence electrons. The van der Waals surface area contributed by atoms with E-state index in [0.717, 1.165) is 56.3 Å². The Kier molecular flexibility index (Phi) is 16.0. The minimum absolute atomic E-state index is 0.822. The third kappa shape index (κ3) is 13.5. The number of nitrogens with two attached hydrogens (primary N) is 2. The van der Waals surface area contributed by atoms with Gasteiger partial charge in [0, 0.05) is 11.4 Å². The third-order valence-electron chi connectivity index (χ3n) is 11.7. The average molecular weight is 755 g/mol. The zero-order valence-electron chi connectivity index (χ0n) is 34.9. The summed E-state index contributed by atoms with van der Waals surface area (Å²) in [5, 5.41) is 0. The van der Waals surface area contributed by atoms with Crippen LogP contribution >= 0.6 is 0 Å². The smallest absolute Gasteiger partial charge is 0.0314 e. The third-order valence-corrected chi connectivity index (χ3v) is 11.7. The molecule has 2 heteroatoms. The average Bonchev–Trinajstić information content (AvgIpc) is 3.22. The fraction of sp³-hybridized carbons (Fsp3) is 0.345. The molecular formula is C55H66N2. The maximum absolute atomic E-state index is 5.95. The number of aryl methyl sites for hydroxylation is 2. The summed E-state index contributed by atoms with van der Waals surface area (Å²) >= 11 is 0. The first-order valence-corrected chi connectivity index (χ1v) is 22.0. The molecule has 0 aliphatic carbocycles. The number of anilines is 2. The van der Waals surface area contributed by atoms with Crippen molar-refractivity contribution in [3.63, 3.8) is 0 Å². The zero-order valence-corrected chi connectivity index (χ0v) is 34.9. The van der Waals surface area contributed by atoms with Gasteiger partial charge in [-0.3, -0.25) is 0 Å². The Bertz CT molecular complexity index is 1920. The summed E-state index contributed by atoms with van der Waals surface area (Å²) < 4.78 is 0. The van der Waals surface area contributed by atoms with Crippen LogP contribution < -0.4 is 11.5 Å². The minimum Gasteiger partial charge on any atom is -0.399 e. The van der Waals surface area contributed by atoms with Crippen molar-refractivity contribution in [1.82, 2.24) is 0 Å². The normalized spacial score (nSPS) is 11.3. The number of hydrogen-bond donors (Lipinski definition) is 2.